The Morgan fingerprint density at radius 1 is 1.42 bits per heavy atom. The lowest BCUT2D eigenvalue weighted by molar-refractivity contribution is 0.178. The SMILES string of the molecule is COc1ccc2c(c1)CCC[C@@H]2CNC(=O)N[C@H](C)[C@@H]1CCOC1. The molecule has 1 aliphatic heterocycles. The first-order chi connectivity index (χ1) is 11.7. The molecule has 1 saturated heterocycles. The minimum atomic E-state index is -0.0740. The van der Waals surface area contributed by atoms with Gasteiger partial charge in [-0.1, -0.05) is 6.07 Å². The summed E-state index contributed by atoms with van der Waals surface area (Å²) >= 11 is 0. The van der Waals surface area contributed by atoms with Crippen molar-refractivity contribution < 1.29 is 14.3 Å². The van der Waals surface area contributed by atoms with Crippen LogP contribution in [0.4, 0.5) is 4.79 Å². The Balaban J connectivity index is 1.52. The maximum Gasteiger partial charge on any atom is 0.315 e. The topological polar surface area (TPSA) is 59.6 Å². The molecule has 24 heavy (non-hydrogen) atoms. The number of hydrogen-bond acceptors (Lipinski definition) is 3. The molecule has 2 amide bonds. The number of ether oxygens (including phenoxy) is 2. The van der Waals surface area contributed by atoms with E-state index in [1.807, 2.05) is 6.07 Å². The fraction of sp³-hybridized carbons (Fsp3) is 0.632. The Kier molecular flexibility index (Phi) is 5.61. The lowest BCUT2D eigenvalue weighted by Gasteiger charge is -2.27. The maximum atomic E-state index is 12.2. The molecule has 1 fully saturated rings. The highest BCUT2D eigenvalue weighted by molar-refractivity contribution is 5.74. The van der Waals surface area contributed by atoms with Gasteiger partial charge in [0.05, 0.1) is 13.7 Å². The van der Waals surface area contributed by atoms with Gasteiger partial charge in [0.25, 0.3) is 0 Å². The number of hydrogen-bond donors (Lipinski definition) is 2. The van der Waals surface area contributed by atoms with Crippen LogP contribution in [0.1, 0.15) is 43.2 Å². The molecule has 1 aliphatic carbocycles. The highest BCUT2D eigenvalue weighted by Crippen LogP contribution is 2.33. The van der Waals surface area contributed by atoms with Gasteiger partial charge >= 0.3 is 6.03 Å². The molecule has 0 saturated carbocycles. The third-order valence-corrected chi connectivity index (χ3v) is 5.33. The molecule has 1 aromatic rings. The van der Waals surface area contributed by atoms with Crippen LogP contribution in [0.15, 0.2) is 18.2 Å². The largest absolute Gasteiger partial charge is 0.497 e. The van der Waals surface area contributed by atoms with Crippen LogP contribution >= 0.6 is 0 Å². The van der Waals surface area contributed by atoms with Crippen LogP contribution in [-0.2, 0) is 11.2 Å². The molecule has 2 N–H and O–H groups in total. The quantitative estimate of drug-likeness (QED) is 0.872. The second kappa shape index (κ2) is 7.88. The molecule has 3 atom stereocenters. The number of benzene rings is 1. The predicted molar refractivity (Wildman–Crippen MR) is 93.6 cm³/mol. The summed E-state index contributed by atoms with van der Waals surface area (Å²) in [6, 6.07) is 6.37. The van der Waals surface area contributed by atoms with E-state index in [1.165, 1.54) is 11.1 Å². The number of rotatable bonds is 5. The Morgan fingerprint density at radius 3 is 3.04 bits per heavy atom. The van der Waals surface area contributed by atoms with Gasteiger partial charge in [-0.3, -0.25) is 0 Å². The van der Waals surface area contributed by atoms with E-state index in [9.17, 15) is 4.79 Å². The zero-order valence-corrected chi connectivity index (χ0v) is 14.6. The molecule has 132 valence electrons. The van der Waals surface area contributed by atoms with Gasteiger partial charge in [0.1, 0.15) is 5.75 Å². The number of aryl methyl sites for hydroxylation is 1. The lowest BCUT2D eigenvalue weighted by Crippen LogP contribution is -2.45. The summed E-state index contributed by atoms with van der Waals surface area (Å²) in [5.41, 5.74) is 2.70. The van der Waals surface area contributed by atoms with Gasteiger partial charge in [0, 0.05) is 31.0 Å². The molecule has 0 radical (unpaired) electrons. The van der Waals surface area contributed by atoms with Crippen LogP contribution in [0, 0.1) is 5.92 Å². The van der Waals surface area contributed by atoms with Crippen LogP contribution in [0.3, 0.4) is 0 Å². The summed E-state index contributed by atoms with van der Waals surface area (Å²) in [5, 5.41) is 6.11. The summed E-state index contributed by atoms with van der Waals surface area (Å²) in [7, 11) is 1.70. The summed E-state index contributed by atoms with van der Waals surface area (Å²) in [6.45, 7) is 4.29. The second-order valence-corrected chi connectivity index (χ2v) is 6.92. The van der Waals surface area contributed by atoms with Gasteiger partial charge in [0.2, 0.25) is 0 Å². The van der Waals surface area contributed by atoms with Gasteiger partial charge in [-0.05, 0) is 55.9 Å². The van der Waals surface area contributed by atoms with E-state index in [1.54, 1.807) is 7.11 Å². The Bertz CT molecular complexity index is 570. The molecular weight excluding hydrogens is 304 g/mol. The molecule has 0 unspecified atom stereocenters. The number of methoxy groups -OCH3 is 1. The molecule has 0 bridgehead atoms. The van der Waals surface area contributed by atoms with Crippen LogP contribution in [0.25, 0.3) is 0 Å². The molecule has 2 aliphatic rings. The minimum Gasteiger partial charge on any atom is -0.497 e. The van der Waals surface area contributed by atoms with Crippen molar-refractivity contribution in [3.63, 3.8) is 0 Å². The molecule has 0 spiro atoms. The number of carbonyl (C=O) groups is 1. The molecular formula is C19H28N2O3. The minimum absolute atomic E-state index is 0.0740. The first-order valence-corrected chi connectivity index (χ1v) is 8.96. The zero-order valence-electron chi connectivity index (χ0n) is 14.6. The monoisotopic (exact) mass is 332 g/mol. The van der Waals surface area contributed by atoms with Crippen molar-refractivity contribution in [3.8, 4) is 5.75 Å². The van der Waals surface area contributed by atoms with E-state index >= 15 is 0 Å². The maximum absolute atomic E-state index is 12.2. The molecule has 1 aromatic carbocycles. The molecule has 5 heteroatoms. The number of carbonyl (C=O) groups excluding carboxylic acids is 1. The van der Waals surface area contributed by atoms with Crippen LogP contribution in [0.2, 0.25) is 0 Å². The Morgan fingerprint density at radius 2 is 2.29 bits per heavy atom. The van der Waals surface area contributed by atoms with Crippen molar-refractivity contribution in [1.29, 1.82) is 0 Å². The number of amides is 2. The summed E-state index contributed by atoms with van der Waals surface area (Å²) in [4.78, 5) is 12.2. The highest BCUT2D eigenvalue weighted by Gasteiger charge is 2.25. The van der Waals surface area contributed by atoms with Crippen molar-refractivity contribution in [2.45, 2.75) is 44.6 Å². The third kappa shape index (κ3) is 4.01. The Hall–Kier alpha value is -1.75. The van der Waals surface area contributed by atoms with Gasteiger partial charge in [-0.2, -0.15) is 0 Å². The van der Waals surface area contributed by atoms with E-state index in [0.29, 0.717) is 18.4 Å². The first-order valence-electron chi connectivity index (χ1n) is 8.96. The van der Waals surface area contributed by atoms with Crippen molar-refractivity contribution in [2.24, 2.45) is 5.92 Å². The van der Waals surface area contributed by atoms with Crippen LogP contribution in [0.5, 0.6) is 5.75 Å². The molecule has 1 heterocycles. The smallest absolute Gasteiger partial charge is 0.315 e. The second-order valence-electron chi connectivity index (χ2n) is 6.92. The van der Waals surface area contributed by atoms with Gasteiger partial charge in [0.15, 0.2) is 0 Å². The van der Waals surface area contributed by atoms with Gasteiger partial charge < -0.3 is 20.1 Å². The summed E-state index contributed by atoms with van der Waals surface area (Å²) < 4.78 is 10.7. The average molecular weight is 332 g/mol. The molecule has 0 aromatic heterocycles. The lowest BCUT2D eigenvalue weighted by atomic mass is 9.82. The van der Waals surface area contributed by atoms with Gasteiger partial charge in [-0.25, -0.2) is 4.79 Å². The predicted octanol–water partition coefficient (Wildman–Crippen LogP) is 2.84. The highest BCUT2D eigenvalue weighted by atomic mass is 16.5. The Labute approximate surface area is 144 Å². The van der Waals surface area contributed by atoms with Crippen molar-refractivity contribution in [2.75, 3.05) is 26.9 Å². The van der Waals surface area contributed by atoms with Gasteiger partial charge in [-0.15, -0.1) is 0 Å². The molecule has 5 nitrogen and oxygen atoms in total. The van der Waals surface area contributed by atoms with Crippen LogP contribution < -0.4 is 15.4 Å². The van der Waals surface area contributed by atoms with E-state index in [4.69, 9.17) is 9.47 Å². The van der Waals surface area contributed by atoms with Crippen molar-refractivity contribution in [3.05, 3.63) is 29.3 Å². The van der Waals surface area contributed by atoms with E-state index in [0.717, 1.165) is 44.6 Å². The summed E-state index contributed by atoms with van der Waals surface area (Å²) in [6.07, 6.45) is 4.39. The van der Waals surface area contributed by atoms with Crippen LogP contribution in [-0.4, -0.2) is 38.9 Å². The first kappa shape index (κ1) is 17.1. The molecule has 3 rings (SSSR count). The van der Waals surface area contributed by atoms with E-state index in [2.05, 4.69) is 29.7 Å². The summed E-state index contributed by atoms with van der Waals surface area (Å²) in [5.74, 6) is 1.72. The third-order valence-electron chi connectivity index (χ3n) is 5.33. The fourth-order valence-electron chi connectivity index (χ4n) is 3.77. The van der Waals surface area contributed by atoms with E-state index in [-0.39, 0.29) is 12.1 Å². The number of nitrogens with one attached hydrogen (secondary N) is 2. The van der Waals surface area contributed by atoms with E-state index < -0.39 is 0 Å². The normalized spacial score (nSPS) is 24.1. The fourth-order valence-corrected chi connectivity index (χ4v) is 3.77. The van der Waals surface area contributed by atoms with Crippen molar-refractivity contribution >= 4 is 6.03 Å². The zero-order chi connectivity index (χ0) is 16.9. The van der Waals surface area contributed by atoms with Crippen molar-refractivity contribution in [1.82, 2.24) is 10.6 Å². The number of fused-ring (bicyclic) bond motifs is 1. The average Bonchev–Trinajstić information content (AvgIpc) is 3.14. The standard InChI is InChI=1S/C19H28N2O3/c1-13(16-8-9-24-12-16)21-19(22)20-11-15-5-3-4-14-10-17(23-2)6-7-18(14)15/h6-7,10,13,15-16H,3-5,8-9,11-12H2,1-2H3,(H2,20,21,22)/t13-,15-,16-/m1/s1. The number of urea groups is 1.